The summed E-state index contributed by atoms with van der Waals surface area (Å²) < 4.78 is 0. The monoisotopic (exact) mass is 457 g/mol. The smallest absolute Gasteiger partial charge is 0.261 e. The summed E-state index contributed by atoms with van der Waals surface area (Å²) in [6.45, 7) is 3.76. The molecule has 5 N–H and O–H groups in total. The zero-order valence-electron chi connectivity index (χ0n) is 19.1. The molecular weight excluding hydrogens is 426 g/mol. The van der Waals surface area contributed by atoms with Crippen molar-refractivity contribution in [3.8, 4) is 11.5 Å². The van der Waals surface area contributed by atoms with Gasteiger partial charge in [0.15, 0.2) is 0 Å². The van der Waals surface area contributed by atoms with E-state index in [1.807, 2.05) is 13.8 Å². The minimum absolute atomic E-state index is 0.0228. The number of rotatable bonds is 10. The Morgan fingerprint density at radius 1 is 0.909 bits per heavy atom. The van der Waals surface area contributed by atoms with Crippen LogP contribution in [-0.4, -0.2) is 40.2 Å². The van der Waals surface area contributed by atoms with Gasteiger partial charge < -0.3 is 20.4 Å². The minimum Gasteiger partial charge on any atom is -0.508 e. The van der Waals surface area contributed by atoms with Gasteiger partial charge in [-0.2, -0.15) is 0 Å². The Balaban J connectivity index is 1.95. The van der Waals surface area contributed by atoms with Crippen LogP contribution in [-0.2, 0) is 9.59 Å². The summed E-state index contributed by atoms with van der Waals surface area (Å²) in [5.74, 6) is -1.41. The van der Waals surface area contributed by atoms with Gasteiger partial charge in [0.1, 0.15) is 11.5 Å². The molecule has 0 aliphatic carbocycles. The molecule has 0 saturated carbocycles. The van der Waals surface area contributed by atoms with Crippen LogP contribution in [0, 0.1) is 0 Å². The van der Waals surface area contributed by atoms with Crippen molar-refractivity contribution in [1.29, 1.82) is 0 Å². The Kier molecular flexibility index (Phi) is 9.23. The van der Waals surface area contributed by atoms with E-state index >= 15 is 0 Å². The standard InChI is InChI=1S/C24H31N3O6/c1-15(2)18-13-19(21(29)14-20(18)28)24(32)27(3)17-11-9-16(10-12-17)25-22(30)7-5-4-6-8-23(31)26-33/h9-15,28-29,33H,4-8H2,1-3H3,(H,25,30)(H,26,31). The third-order valence-electron chi connectivity index (χ3n) is 5.27. The second-order valence-electron chi connectivity index (χ2n) is 8.14. The summed E-state index contributed by atoms with van der Waals surface area (Å²) in [5.41, 5.74) is 3.38. The maximum Gasteiger partial charge on any atom is 0.261 e. The molecule has 33 heavy (non-hydrogen) atoms. The van der Waals surface area contributed by atoms with Gasteiger partial charge in [0.25, 0.3) is 5.91 Å². The normalized spacial score (nSPS) is 10.7. The summed E-state index contributed by atoms with van der Waals surface area (Å²) >= 11 is 0. The number of hydroxylamine groups is 1. The molecule has 0 saturated heterocycles. The maximum absolute atomic E-state index is 12.9. The Morgan fingerprint density at radius 3 is 2.09 bits per heavy atom. The van der Waals surface area contributed by atoms with Crippen molar-refractivity contribution in [1.82, 2.24) is 5.48 Å². The fourth-order valence-corrected chi connectivity index (χ4v) is 3.32. The number of phenolic OH excluding ortho intramolecular Hbond substituents is 2. The number of unbranched alkanes of at least 4 members (excludes halogenated alkanes) is 2. The molecular formula is C24H31N3O6. The Bertz CT molecular complexity index is 988. The number of carbonyl (C=O) groups excluding carboxylic acids is 3. The van der Waals surface area contributed by atoms with Crippen LogP contribution in [0.4, 0.5) is 11.4 Å². The number of nitrogens with one attached hydrogen (secondary N) is 2. The number of benzene rings is 2. The highest BCUT2D eigenvalue weighted by Gasteiger charge is 2.21. The number of hydrogen-bond acceptors (Lipinski definition) is 6. The summed E-state index contributed by atoms with van der Waals surface area (Å²) in [4.78, 5) is 37.3. The van der Waals surface area contributed by atoms with Crippen LogP contribution in [0.5, 0.6) is 11.5 Å². The second-order valence-corrected chi connectivity index (χ2v) is 8.14. The van der Waals surface area contributed by atoms with Gasteiger partial charge in [-0.15, -0.1) is 0 Å². The molecule has 2 rings (SSSR count). The topological polar surface area (TPSA) is 139 Å². The SMILES string of the molecule is CC(C)c1cc(C(=O)N(C)c2ccc(NC(=O)CCCCCC(=O)NO)cc2)c(O)cc1O. The highest BCUT2D eigenvalue weighted by atomic mass is 16.5. The molecule has 0 unspecified atom stereocenters. The van der Waals surface area contributed by atoms with E-state index in [1.165, 1.54) is 17.0 Å². The van der Waals surface area contributed by atoms with Crippen LogP contribution in [0.15, 0.2) is 36.4 Å². The van der Waals surface area contributed by atoms with E-state index in [2.05, 4.69) is 5.32 Å². The first-order chi connectivity index (χ1) is 15.6. The molecule has 3 amide bonds. The number of phenols is 2. The van der Waals surface area contributed by atoms with Crippen molar-refractivity contribution in [2.24, 2.45) is 0 Å². The molecule has 2 aromatic rings. The lowest BCUT2D eigenvalue weighted by atomic mass is 9.98. The minimum atomic E-state index is -0.441. The summed E-state index contributed by atoms with van der Waals surface area (Å²) in [5, 5.41) is 31.4. The molecule has 9 heteroatoms. The number of nitrogens with zero attached hydrogens (tertiary/aromatic N) is 1. The molecule has 9 nitrogen and oxygen atoms in total. The van der Waals surface area contributed by atoms with E-state index < -0.39 is 11.8 Å². The molecule has 0 aliphatic rings. The van der Waals surface area contributed by atoms with Crippen LogP contribution in [0.1, 0.15) is 67.8 Å². The lowest BCUT2D eigenvalue weighted by molar-refractivity contribution is -0.129. The number of aromatic hydroxyl groups is 2. The van der Waals surface area contributed by atoms with Crippen molar-refractivity contribution >= 4 is 29.1 Å². The van der Waals surface area contributed by atoms with E-state index in [0.717, 1.165) is 0 Å². The van der Waals surface area contributed by atoms with E-state index in [0.29, 0.717) is 42.6 Å². The largest absolute Gasteiger partial charge is 0.508 e. The molecule has 0 fully saturated rings. The highest BCUT2D eigenvalue weighted by Crippen LogP contribution is 2.33. The van der Waals surface area contributed by atoms with Gasteiger partial charge >= 0.3 is 0 Å². The van der Waals surface area contributed by atoms with Crippen molar-refractivity contribution in [2.75, 3.05) is 17.3 Å². The van der Waals surface area contributed by atoms with Crippen LogP contribution in [0.2, 0.25) is 0 Å². The van der Waals surface area contributed by atoms with Crippen LogP contribution >= 0.6 is 0 Å². The van der Waals surface area contributed by atoms with Crippen molar-refractivity contribution in [3.05, 3.63) is 47.5 Å². The quantitative estimate of drug-likeness (QED) is 0.208. The van der Waals surface area contributed by atoms with Crippen LogP contribution < -0.4 is 15.7 Å². The Labute approximate surface area is 193 Å². The molecule has 0 radical (unpaired) electrons. The third-order valence-corrected chi connectivity index (χ3v) is 5.27. The van der Waals surface area contributed by atoms with E-state index in [9.17, 15) is 24.6 Å². The summed E-state index contributed by atoms with van der Waals surface area (Å²) in [6, 6.07) is 9.40. The fourth-order valence-electron chi connectivity index (χ4n) is 3.32. The molecule has 0 spiro atoms. The maximum atomic E-state index is 12.9. The first kappa shape index (κ1) is 25.7. The summed E-state index contributed by atoms with van der Waals surface area (Å²) in [6.07, 6.45) is 2.42. The van der Waals surface area contributed by atoms with Crippen LogP contribution in [0.3, 0.4) is 0 Å². The van der Waals surface area contributed by atoms with E-state index in [4.69, 9.17) is 5.21 Å². The van der Waals surface area contributed by atoms with Gasteiger partial charge in [-0.3, -0.25) is 19.6 Å². The predicted octanol–water partition coefficient (Wildman–Crippen LogP) is 3.89. The van der Waals surface area contributed by atoms with Gasteiger partial charge in [0.05, 0.1) is 5.56 Å². The molecule has 0 heterocycles. The number of carbonyl (C=O) groups is 3. The zero-order chi connectivity index (χ0) is 24.5. The van der Waals surface area contributed by atoms with E-state index in [1.54, 1.807) is 36.8 Å². The average Bonchev–Trinajstić information content (AvgIpc) is 2.78. The fraction of sp³-hybridized carbons (Fsp3) is 0.375. The van der Waals surface area contributed by atoms with Gasteiger partial charge in [-0.05, 0) is 54.7 Å². The summed E-state index contributed by atoms with van der Waals surface area (Å²) in [7, 11) is 1.58. The molecule has 0 aliphatic heterocycles. The zero-order valence-corrected chi connectivity index (χ0v) is 19.1. The molecule has 0 atom stereocenters. The lowest BCUT2D eigenvalue weighted by Crippen LogP contribution is -2.26. The molecule has 0 bridgehead atoms. The van der Waals surface area contributed by atoms with Gasteiger partial charge in [0.2, 0.25) is 11.8 Å². The highest BCUT2D eigenvalue weighted by molar-refractivity contribution is 6.08. The van der Waals surface area contributed by atoms with Crippen molar-refractivity contribution < 1.29 is 29.8 Å². The second kappa shape index (κ2) is 11.9. The first-order valence-electron chi connectivity index (χ1n) is 10.8. The average molecular weight is 458 g/mol. The van der Waals surface area contributed by atoms with Gasteiger partial charge in [-0.1, -0.05) is 20.3 Å². The molecule has 2 aromatic carbocycles. The van der Waals surface area contributed by atoms with Crippen LogP contribution in [0.25, 0.3) is 0 Å². The lowest BCUT2D eigenvalue weighted by Gasteiger charge is -2.20. The van der Waals surface area contributed by atoms with E-state index in [-0.39, 0.29) is 35.3 Å². The van der Waals surface area contributed by atoms with Gasteiger partial charge in [0, 0.05) is 37.3 Å². The Hall–Kier alpha value is -3.59. The van der Waals surface area contributed by atoms with Crippen molar-refractivity contribution in [2.45, 2.75) is 51.9 Å². The van der Waals surface area contributed by atoms with Gasteiger partial charge in [-0.25, -0.2) is 5.48 Å². The number of anilines is 2. The molecule has 178 valence electrons. The van der Waals surface area contributed by atoms with Crippen molar-refractivity contribution in [3.63, 3.8) is 0 Å². The predicted molar refractivity (Wildman–Crippen MR) is 125 cm³/mol. The third kappa shape index (κ3) is 7.21. The number of amides is 3. The first-order valence-corrected chi connectivity index (χ1v) is 10.8. The molecule has 0 aromatic heterocycles. The Morgan fingerprint density at radius 2 is 1.52 bits per heavy atom. The number of hydrogen-bond donors (Lipinski definition) is 5.